The molecule has 22 heavy (non-hydrogen) atoms. The maximum atomic E-state index is 12.5. The predicted molar refractivity (Wildman–Crippen MR) is 90.1 cm³/mol. The summed E-state index contributed by atoms with van der Waals surface area (Å²) in [5, 5.41) is 4.07. The van der Waals surface area contributed by atoms with Gasteiger partial charge in [0.25, 0.3) is 5.91 Å². The number of rotatable bonds is 3. The molecular weight excluding hydrogens is 323 g/mol. The molecule has 2 saturated heterocycles. The molecular formula is C16H22Cl2N2O2. The second-order valence-electron chi connectivity index (χ2n) is 5.83. The van der Waals surface area contributed by atoms with Crippen molar-refractivity contribution in [1.82, 2.24) is 10.2 Å². The molecule has 1 aromatic carbocycles. The van der Waals surface area contributed by atoms with Crippen molar-refractivity contribution in [2.75, 3.05) is 19.7 Å². The Morgan fingerprint density at radius 1 is 1.36 bits per heavy atom. The van der Waals surface area contributed by atoms with E-state index in [2.05, 4.69) is 5.32 Å². The Balaban J connectivity index is 0.00000176. The number of fused-ring (bicyclic) bond motifs is 2. The van der Waals surface area contributed by atoms with Gasteiger partial charge in [-0.25, -0.2) is 0 Å². The van der Waals surface area contributed by atoms with E-state index in [1.54, 1.807) is 0 Å². The average Bonchev–Trinajstić information content (AvgIpc) is 2.73. The molecule has 2 aliphatic heterocycles. The lowest BCUT2D eigenvalue weighted by Crippen LogP contribution is -2.44. The average molecular weight is 345 g/mol. The fourth-order valence-electron chi connectivity index (χ4n) is 3.35. The number of carbonyl (C=O) groups is 1. The lowest BCUT2D eigenvalue weighted by molar-refractivity contribution is -0.136. The van der Waals surface area contributed by atoms with E-state index >= 15 is 0 Å². The highest BCUT2D eigenvalue weighted by Crippen LogP contribution is 2.29. The largest absolute Gasteiger partial charge is 0.483 e. The van der Waals surface area contributed by atoms with Crippen LogP contribution in [-0.2, 0) is 4.79 Å². The van der Waals surface area contributed by atoms with Crippen LogP contribution in [0.1, 0.15) is 24.8 Å². The summed E-state index contributed by atoms with van der Waals surface area (Å²) in [4.78, 5) is 14.6. The summed E-state index contributed by atoms with van der Waals surface area (Å²) in [6.45, 7) is 3.90. The van der Waals surface area contributed by atoms with Crippen molar-refractivity contribution in [3.63, 3.8) is 0 Å². The smallest absolute Gasteiger partial charge is 0.261 e. The molecule has 0 radical (unpaired) electrons. The van der Waals surface area contributed by atoms with Crippen molar-refractivity contribution in [3.8, 4) is 5.75 Å². The van der Waals surface area contributed by atoms with Crippen LogP contribution >= 0.6 is 24.0 Å². The van der Waals surface area contributed by atoms with Crippen LogP contribution in [0, 0.1) is 6.92 Å². The van der Waals surface area contributed by atoms with E-state index in [0.717, 1.165) is 37.9 Å². The van der Waals surface area contributed by atoms with Crippen molar-refractivity contribution >= 4 is 29.9 Å². The third-order valence-electron chi connectivity index (χ3n) is 4.51. The molecule has 0 spiro atoms. The number of nitrogens with one attached hydrogen (secondary N) is 1. The van der Waals surface area contributed by atoms with Crippen LogP contribution in [0.25, 0.3) is 0 Å². The topological polar surface area (TPSA) is 41.6 Å². The maximum absolute atomic E-state index is 12.5. The molecule has 2 heterocycles. The van der Waals surface area contributed by atoms with Gasteiger partial charge in [-0.1, -0.05) is 17.7 Å². The Bertz CT molecular complexity index is 525. The molecule has 0 saturated carbocycles. The summed E-state index contributed by atoms with van der Waals surface area (Å²) in [5.41, 5.74) is 0.882. The van der Waals surface area contributed by atoms with E-state index < -0.39 is 0 Å². The first-order valence-electron chi connectivity index (χ1n) is 7.56. The summed E-state index contributed by atoms with van der Waals surface area (Å²) >= 11 is 6.07. The highest BCUT2D eigenvalue weighted by atomic mass is 35.5. The van der Waals surface area contributed by atoms with Gasteiger partial charge in [0.05, 0.1) is 0 Å². The van der Waals surface area contributed by atoms with E-state index in [4.69, 9.17) is 16.3 Å². The van der Waals surface area contributed by atoms with Gasteiger partial charge < -0.3 is 15.0 Å². The van der Waals surface area contributed by atoms with Crippen LogP contribution in [0.4, 0.5) is 0 Å². The first-order valence-corrected chi connectivity index (χ1v) is 7.94. The third kappa shape index (κ3) is 3.50. The van der Waals surface area contributed by atoms with Gasteiger partial charge in [-0.3, -0.25) is 4.79 Å². The zero-order valence-electron chi connectivity index (χ0n) is 12.7. The van der Waals surface area contributed by atoms with Gasteiger partial charge >= 0.3 is 0 Å². The number of carbonyl (C=O) groups excluding carboxylic acids is 1. The van der Waals surface area contributed by atoms with Crippen molar-refractivity contribution < 1.29 is 9.53 Å². The van der Waals surface area contributed by atoms with Gasteiger partial charge in [0.1, 0.15) is 5.75 Å². The van der Waals surface area contributed by atoms with Gasteiger partial charge in [-0.05, 0) is 44.9 Å². The molecule has 0 aliphatic carbocycles. The van der Waals surface area contributed by atoms with Crippen LogP contribution in [0.3, 0.4) is 0 Å². The second kappa shape index (κ2) is 7.53. The van der Waals surface area contributed by atoms with Gasteiger partial charge in [0, 0.05) is 29.2 Å². The predicted octanol–water partition coefficient (Wildman–Crippen LogP) is 2.80. The number of amides is 1. The molecule has 4 nitrogen and oxygen atoms in total. The van der Waals surface area contributed by atoms with E-state index in [9.17, 15) is 4.79 Å². The van der Waals surface area contributed by atoms with Crippen molar-refractivity contribution in [3.05, 3.63) is 28.8 Å². The van der Waals surface area contributed by atoms with Crippen LogP contribution in [0.2, 0.25) is 5.02 Å². The fraction of sp³-hybridized carbons (Fsp3) is 0.562. The van der Waals surface area contributed by atoms with Gasteiger partial charge in [0.15, 0.2) is 6.61 Å². The molecule has 122 valence electrons. The van der Waals surface area contributed by atoms with E-state index in [-0.39, 0.29) is 24.9 Å². The number of halogens is 2. The number of nitrogens with zero attached hydrogens (tertiary/aromatic N) is 1. The van der Waals surface area contributed by atoms with Crippen molar-refractivity contribution in [2.45, 2.75) is 38.3 Å². The van der Waals surface area contributed by atoms with Crippen LogP contribution in [0.5, 0.6) is 5.75 Å². The highest BCUT2D eigenvalue weighted by Gasteiger charge is 2.37. The molecule has 2 bridgehead atoms. The van der Waals surface area contributed by atoms with Crippen LogP contribution in [-0.4, -0.2) is 42.6 Å². The SMILES string of the molecule is Cc1c(Cl)cccc1OCC(=O)N1C2CCNCC1CC2.Cl. The Labute approximate surface area is 142 Å². The Hall–Kier alpha value is -0.970. The van der Waals surface area contributed by atoms with E-state index in [1.165, 1.54) is 0 Å². The lowest BCUT2D eigenvalue weighted by atomic mass is 10.1. The Kier molecular flexibility index (Phi) is 5.95. The molecule has 2 fully saturated rings. The summed E-state index contributed by atoms with van der Waals surface area (Å²) in [6, 6.07) is 6.23. The lowest BCUT2D eigenvalue weighted by Gasteiger charge is -2.28. The second-order valence-corrected chi connectivity index (χ2v) is 6.24. The number of benzene rings is 1. The monoisotopic (exact) mass is 344 g/mol. The number of hydrogen-bond donors (Lipinski definition) is 1. The standard InChI is InChI=1S/C16H21ClN2O2.ClH/c1-11-14(17)3-2-4-15(11)21-10-16(20)19-12-5-6-13(19)9-18-8-7-12;/h2-4,12-13,18H,5-10H2,1H3;1H. The quantitative estimate of drug-likeness (QED) is 0.916. The van der Waals surface area contributed by atoms with Crippen molar-refractivity contribution in [2.24, 2.45) is 0 Å². The molecule has 3 rings (SSSR count). The summed E-state index contributed by atoms with van der Waals surface area (Å²) < 4.78 is 5.70. The highest BCUT2D eigenvalue weighted by molar-refractivity contribution is 6.31. The Morgan fingerprint density at radius 2 is 2.14 bits per heavy atom. The summed E-state index contributed by atoms with van der Waals surface area (Å²) in [6.07, 6.45) is 3.26. The normalized spacial score (nSPS) is 23.6. The number of hydrogen-bond acceptors (Lipinski definition) is 3. The molecule has 2 aliphatic rings. The molecule has 1 amide bonds. The zero-order valence-corrected chi connectivity index (χ0v) is 14.3. The minimum Gasteiger partial charge on any atom is -0.483 e. The summed E-state index contributed by atoms with van der Waals surface area (Å²) in [5.74, 6) is 0.779. The van der Waals surface area contributed by atoms with Crippen molar-refractivity contribution in [1.29, 1.82) is 0 Å². The fourth-order valence-corrected chi connectivity index (χ4v) is 3.51. The molecule has 6 heteroatoms. The first-order chi connectivity index (χ1) is 10.2. The van der Waals surface area contributed by atoms with Crippen LogP contribution < -0.4 is 10.1 Å². The minimum absolute atomic E-state index is 0. The van der Waals surface area contributed by atoms with Gasteiger partial charge in [-0.2, -0.15) is 0 Å². The molecule has 1 aromatic rings. The van der Waals surface area contributed by atoms with Gasteiger partial charge in [0.2, 0.25) is 0 Å². The molecule has 1 N–H and O–H groups in total. The third-order valence-corrected chi connectivity index (χ3v) is 4.92. The van der Waals surface area contributed by atoms with Crippen LogP contribution in [0.15, 0.2) is 18.2 Å². The van der Waals surface area contributed by atoms with E-state index in [0.29, 0.717) is 22.9 Å². The minimum atomic E-state index is 0. The summed E-state index contributed by atoms with van der Waals surface area (Å²) in [7, 11) is 0. The Morgan fingerprint density at radius 3 is 2.95 bits per heavy atom. The van der Waals surface area contributed by atoms with Gasteiger partial charge in [-0.15, -0.1) is 12.4 Å². The molecule has 2 atom stereocenters. The van der Waals surface area contributed by atoms with E-state index in [1.807, 2.05) is 30.0 Å². The maximum Gasteiger partial charge on any atom is 0.261 e. The zero-order chi connectivity index (χ0) is 14.8. The molecule has 2 unspecified atom stereocenters. The molecule has 0 aromatic heterocycles. The number of ether oxygens (including phenoxy) is 1. The first kappa shape index (κ1) is 17.4.